The van der Waals surface area contributed by atoms with Gasteiger partial charge in [0.05, 0.1) is 11.5 Å². The van der Waals surface area contributed by atoms with E-state index in [9.17, 15) is 14.7 Å². The number of hydrogen-bond acceptors (Lipinski definition) is 3. The Labute approximate surface area is 113 Å². The van der Waals surface area contributed by atoms with E-state index in [4.69, 9.17) is 4.74 Å². The monoisotopic (exact) mass is 264 g/mol. The van der Waals surface area contributed by atoms with Crippen LogP contribution >= 0.6 is 0 Å². The summed E-state index contributed by atoms with van der Waals surface area (Å²) in [7, 11) is 0. The number of hydrogen-bond donors (Lipinski definition) is 1. The minimum Gasteiger partial charge on any atom is -0.478 e. The molecule has 0 aromatic heterocycles. The van der Waals surface area contributed by atoms with Gasteiger partial charge in [-0.05, 0) is 45.7 Å². The molecular formula is C15H20O4. The SMILES string of the molecule is Cc1cccc(C(C)C(=O)OC(C)(C)C)c1C(=O)O. The molecule has 0 aliphatic rings. The van der Waals surface area contributed by atoms with Gasteiger partial charge in [-0.2, -0.15) is 0 Å². The zero-order valence-electron chi connectivity index (χ0n) is 12.0. The second-order valence-corrected chi connectivity index (χ2v) is 5.60. The van der Waals surface area contributed by atoms with Gasteiger partial charge in [-0.15, -0.1) is 0 Å². The zero-order chi connectivity index (χ0) is 14.8. The number of aryl methyl sites for hydroxylation is 1. The van der Waals surface area contributed by atoms with E-state index in [0.717, 1.165) is 0 Å². The summed E-state index contributed by atoms with van der Waals surface area (Å²) >= 11 is 0. The van der Waals surface area contributed by atoms with Crippen LogP contribution in [0.1, 0.15) is 55.1 Å². The lowest BCUT2D eigenvalue weighted by Crippen LogP contribution is -2.27. The van der Waals surface area contributed by atoms with Crippen molar-refractivity contribution in [3.8, 4) is 0 Å². The predicted molar refractivity (Wildman–Crippen MR) is 72.4 cm³/mol. The van der Waals surface area contributed by atoms with Crippen molar-refractivity contribution in [3.63, 3.8) is 0 Å². The highest BCUT2D eigenvalue weighted by atomic mass is 16.6. The van der Waals surface area contributed by atoms with Crippen molar-refractivity contribution in [2.75, 3.05) is 0 Å². The Morgan fingerprint density at radius 2 is 1.84 bits per heavy atom. The van der Waals surface area contributed by atoms with Crippen LogP contribution in [-0.2, 0) is 9.53 Å². The van der Waals surface area contributed by atoms with Gasteiger partial charge in [0.1, 0.15) is 5.60 Å². The molecule has 19 heavy (non-hydrogen) atoms. The lowest BCUT2D eigenvalue weighted by atomic mass is 9.92. The number of ether oxygens (including phenoxy) is 1. The van der Waals surface area contributed by atoms with E-state index in [0.29, 0.717) is 11.1 Å². The molecule has 0 spiro atoms. The molecule has 1 aromatic rings. The van der Waals surface area contributed by atoms with Gasteiger partial charge in [-0.1, -0.05) is 18.2 Å². The van der Waals surface area contributed by atoms with E-state index < -0.39 is 23.5 Å². The molecule has 0 saturated heterocycles. The van der Waals surface area contributed by atoms with E-state index in [-0.39, 0.29) is 5.56 Å². The summed E-state index contributed by atoms with van der Waals surface area (Å²) in [5.41, 5.74) is 0.724. The molecule has 0 saturated carbocycles. The molecular weight excluding hydrogens is 244 g/mol. The molecule has 0 amide bonds. The lowest BCUT2D eigenvalue weighted by Gasteiger charge is -2.23. The molecule has 104 valence electrons. The topological polar surface area (TPSA) is 63.6 Å². The fraction of sp³-hybridized carbons (Fsp3) is 0.467. The zero-order valence-corrected chi connectivity index (χ0v) is 12.0. The maximum Gasteiger partial charge on any atom is 0.336 e. The van der Waals surface area contributed by atoms with Crippen LogP contribution in [-0.4, -0.2) is 22.6 Å². The smallest absolute Gasteiger partial charge is 0.336 e. The van der Waals surface area contributed by atoms with Crippen molar-refractivity contribution in [1.29, 1.82) is 0 Å². The molecule has 4 nitrogen and oxygen atoms in total. The fourth-order valence-corrected chi connectivity index (χ4v) is 1.86. The Morgan fingerprint density at radius 3 is 2.32 bits per heavy atom. The molecule has 0 radical (unpaired) electrons. The second-order valence-electron chi connectivity index (χ2n) is 5.60. The molecule has 1 rings (SSSR count). The van der Waals surface area contributed by atoms with Gasteiger partial charge in [-0.3, -0.25) is 4.79 Å². The maximum atomic E-state index is 12.0. The van der Waals surface area contributed by atoms with Crippen LogP contribution in [0.2, 0.25) is 0 Å². The van der Waals surface area contributed by atoms with Gasteiger partial charge in [-0.25, -0.2) is 4.79 Å². The maximum absolute atomic E-state index is 12.0. The van der Waals surface area contributed by atoms with Gasteiger partial charge < -0.3 is 9.84 Å². The number of carboxylic acids is 1. The van der Waals surface area contributed by atoms with Crippen molar-refractivity contribution in [2.24, 2.45) is 0 Å². The molecule has 0 fully saturated rings. The van der Waals surface area contributed by atoms with Crippen molar-refractivity contribution in [2.45, 2.75) is 46.1 Å². The van der Waals surface area contributed by atoms with Crippen LogP contribution in [0.5, 0.6) is 0 Å². The number of rotatable bonds is 3. The van der Waals surface area contributed by atoms with Crippen molar-refractivity contribution in [3.05, 3.63) is 34.9 Å². The average Bonchev–Trinajstić information content (AvgIpc) is 2.24. The van der Waals surface area contributed by atoms with Gasteiger partial charge in [0.25, 0.3) is 0 Å². The first-order chi connectivity index (χ1) is 8.63. The summed E-state index contributed by atoms with van der Waals surface area (Å²) in [6.45, 7) is 8.73. The first-order valence-corrected chi connectivity index (χ1v) is 6.19. The molecule has 0 aliphatic carbocycles. The number of esters is 1. The van der Waals surface area contributed by atoms with E-state index in [1.807, 2.05) is 0 Å². The fourth-order valence-electron chi connectivity index (χ4n) is 1.86. The minimum absolute atomic E-state index is 0.181. The van der Waals surface area contributed by atoms with E-state index in [1.54, 1.807) is 52.8 Å². The second kappa shape index (κ2) is 5.43. The minimum atomic E-state index is -1.02. The quantitative estimate of drug-likeness (QED) is 0.852. The molecule has 1 aromatic carbocycles. The van der Waals surface area contributed by atoms with Gasteiger partial charge >= 0.3 is 11.9 Å². The Bertz CT molecular complexity index is 497. The molecule has 0 heterocycles. The number of benzene rings is 1. The third-order valence-electron chi connectivity index (χ3n) is 2.75. The van der Waals surface area contributed by atoms with Crippen LogP contribution in [0.25, 0.3) is 0 Å². The van der Waals surface area contributed by atoms with Crippen molar-refractivity contribution < 1.29 is 19.4 Å². The molecule has 1 atom stereocenters. The highest BCUT2D eigenvalue weighted by Gasteiger charge is 2.26. The van der Waals surface area contributed by atoms with Crippen LogP contribution in [0.15, 0.2) is 18.2 Å². The summed E-state index contributed by atoms with van der Waals surface area (Å²) in [5.74, 6) is -2.05. The van der Waals surface area contributed by atoms with Crippen molar-refractivity contribution in [1.82, 2.24) is 0 Å². The normalized spacial score (nSPS) is 12.9. The molecule has 1 unspecified atom stereocenters. The average molecular weight is 264 g/mol. The Hall–Kier alpha value is -1.84. The number of aromatic carboxylic acids is 1. The highest BCUT2D eigenvalue weighted by Crippen LogP contribution is 2.25. The lowest BCUT2D eigenvalue weighted by molar-refractivity contribution is -0.156. The Kier molecular flexibility index (Phi) is 4.35. The van der Waals surface area contributed by atoms with Crippen LogP contribution < -0.4 is 0 Å². The number of carbonyl (C=O) groups is 2. The highest BCUT2D eigenvalue weighted by molar-refractivity contribution is 5.93. The third kappa shape index (κ3) is 3.81. The van der Waals surface area contributed by atoms with Crippen LogP contribution in [0, 0.1) is 6.92 Å². The van der Waals surface area contributed by atoms with E-state index >= 15 is 0 Å². The predicted octanol–water partition coefficient (Wildman–Crippen LogP) is 3.14. The molecule has 0 aliphatic heterocycles. The van der Waals surface area contributed by atoms with E-state index in [1.165, 1.54) is 0 Å². The van der Waals surface area contributed by atoms with Crippen LogP contribution in [0.4, 0.5) is 0 Å². The third-order valence-corrected chi connectivity index (χ3v) is 2.75. The van der Waals surface area contributed by atoms with Gasteiger partial charge in [0.2, 0.25) is 0 Å². The summed E-state index contributed by atoms with van der Waals surface area (Å²) in [6, 6.07) is 5.12. The largest absolute Gasteiger partial charge is 0.478 e. The number of carbonyl (C=O) groups excluding carboxylic acids is 1. The molecule has 0 bridgehead atoms. The summed E-state index contributed by atoms with van der Waals surface area (Å²) in [4.78, 5) is 23.3. The first-order valence-electron chi connectivity index (χ1n) is 6.19. The van der Waals surface area contributed by atoms with Crippen LogP contribution in [0.3, 0.4) is 0 Å². The molecule has 4 heteroatoms. The summed E-state index contributed by atoms with van der Waals surface area (Å²) in [6.07, 6.45) is 0. The summed E-state index contributed by atoms with van der Waals surface area (Å²) in [5, 5.41) is 9.26. The van der Waals surface area contributed by atoms with Crippen molar-refractivity contribution >= 4 is 11.9 Å². The summed E-state index contributed by atoms with van der Waals surface area (Å²) < 4.78 is 5.30. The molecule has 1 N–H and O–H groups in total. The standard InChI is InChI=1S/C15H20O4/c1-9-7-6-8-11(12(9)13(16)17)10(2)14(18)19-15(3,4)5/h6-8,10H,1-5H3,(H,16,17). The van der Waals surface area contributed by atoms with E-state index in [2.05, 4.69) is 0 Å². The van der Waals surface area contributed by atoms with Gasteiger partial charge in [0.15, 0.2) is 0 Å². The first kappa shape index (κ1) is 15.2. The Morgan fingerprint density at radius 1 is 1.26 bits per heavy atom. The van der Waals surface area contributed by atoms with Gasteiger partial charge in [0, 0.05) is 0 Å². The Balaban J connectivity index is 3.13. The number of carboxylic acid groups (broad SMARTS) is 1.